The van der Waals surface area contributed by atoms with E-state index in [9.17, 15) is 0 Å². The van der Waals surface area contributed by atoms with Crippen molar-refractivity contribution in [2.45, 2.75) is 20.1 Å². The fourth-order valence-corrected chi connectivity index (χ4v) is 2.63. The molecular formula is C18H20N2O. The van der Waals surface area contributed by atoms with Crippen LogP contribution in [-0.2, 0) is 20.2 Å². The molecule has 0 aliphatic carbocycles. The van der Waals surface area contributed by atoms with E-state index in [1.807, 2.05) is 12.1 Å². The zero-order valence-corrected chi connectivity index (χ0v) is 12.5. The number of fused-ring (bicyclic) bond motifs is 1. The van der Waals surface area contributed by atoms with Crippen molar-refractivity contribution >= 4 is 10.9 Å². The van der Waals surface area contributed by atoms with Gasteiger partial charge in [-0.05, 0) is 42.3 Å². The Labute approximate surface area is 125 Å². The molecule has 0 unspecified atom stereocenters. The van der Waals surface area contributed by atoms with E-state index in [-0.39, 0.29) is 0 Å². The molecule has 0 spiro atoms. The Morgan fingerprint density at radius 3 is 2.76 bits per heavy atom. The Hall–Kier alpha value is -2.26. The molecule has 3 nitrogen and oxygen atoms in total. The Bertz CT molecular complexity index is 774. The van der Waals surface area contributed by atoms with Crippen LogP contribution in [0.1, 0.15) is 16.7 Å². The van der Waals surface area contributed by atoms with Gasteiger partial charge in [0.1, 0.15) is 12.4 Å². The summed E-state index contributed by atoms with van der Waals surface area (Å²) in [5, 5.41) is 1.22. The van der Waals surface area contributed by atoms with Crippen LogP contribution in [0.3, 0.4) is 0 Å². The predicted octanol–water partition coefficient (Wildman–Crippen LogP) is 3.52. The molecule has 0 amide bonds. The molecule has 1 aromatic heterocycles. The quantitative estimate of drug-likeness (QED) is 0.794. The number of nitrogens with two attached hydrogens (primary N) is 1. The first kappa shape index (κ1) is 13.7. The average molecular weight is 280 g/mol. The van der Waals surface area contributed by atoms with E-state index in [4.69, 9.17) is 10.5 Å². The number of nitrogens with zero attached hydrogens (tertiary/aromatic N) is 1. The maximum absolute atomic E-state index is 5.92. The van der Waals surface area contributed by atoms with Gasteiger partial charge in [-0.25, -0.2) is 0 Å². The summed E-state index contributed by atoms with van der Waals surface area (Å²) in [5.41, 5.74) is 10.5. The fraction of sp³-hybridized carbons (Fsp3) is 0.222. The van der Waals surface area contributed by atoms with Crippen molar-refractivity contribution in [3.8, 4) is 5.75 Å². The molecule has 21 heavy (non-hydrogen) atoms. The van der Waals surface area contributed by atoms with Crippen molar-refractivity contribution < 1.29 is 4.74 Å². The third-order valence-electron chi connectivity index (χ3n) is 3.76. The van der Waals surface area contributed by atoms with Crippen LogP contribution < -0.4 is 10.5 Å². The second-order valence-corrected chi connectivity index (χ2v) is 5.43. The Kier molecular flexibility index (Phi) is 3.67. The van der Waals surface area contributed by atoms with Crippen LogP contribution in [0.15, 0.2) is 48.7 Å². The smallest absolute Gasteiger partial charge is 0.120 e. The molecule has 0 atom stereocenters. The lowest BCUT2D eigenvalue weighted by atomic mass is 10.1. The zero-order valence-electron chi connectivity index (χ0n) is 12.5. The second-order valence-electron chi connectivity index (χ2n) is 5.43. The summed E-state index contributed by atoms with van der Waals surface area (Å²) in [6, 6.07) is 14.5. The molecular weight excluding hydrogens is 260 g/mol. The van der Waals surface area contributed by atoms with Crippen molar-refractivity contribution in [2.75, 3.05) is 0 Å². The van der Waals surface area contributed by atoms with E-state index >= 15 is 0 Å². The highest BCUT2D eigenvalue weighted by Crippen LogP contribution is 2.24. The summed E-state index contributed by atoms with van der Waals surface area (Å²) in [6.45, 7) is 3.19. The van der Waals surface area contributed by atoms with Gasteiger partial charge in [-0.2, -0.15) is 0 Å². The van der Waals surface area contributed by atoms with Crippen LogP contribution in [0.4, 0.5) is 0 Å². The largest absolute Gasteiger partial charge is 0.489 e. The minimum atomic E-state index is 0.559. The highest BCUT2D eigenvalue weighted by Gasteiger charge is 2.08. The van der Waals surface area contributed by atoms with Crippen LogP contribution in [0, 0.1) is 6.92 Å². The molecule has 0 saturated heterocycles. The molecule has 0 bridgehead atoms. The van der Waals surface area contributed by atoms with Crippen molar-refractivity contribution in [3.05, 3.63) is 65.4 Å². The number of hydrogen-bond donors (Lipinski definition) is 1. The number of hydrogen-bond acceptors (Lipinski definition) is 2. The van der Waals surface area contributed by atoms with Gasteiger partial charge >= 0.3 is 0 Å². The van der Waals surface area contributed by atoms with Gasteiger partial charge in [0, 0.05) is 36.3 Å². The summed E-state index contributed by atoms with van der Waals surface area (Å²) in [5.74, 6) is 0.905. The maximum Gasteiger partial charge on any atom is 0.120 e. The van der Waals surface area contributed by atoms with Crippen molar-refractivity contribution in [3.63, 3.8) is 0 Å². The fourth-order valence-electron chi connectivity index (χ4n) is 2.63. The summed E-state index contributed by atoms with van der Waals surface area (Å²) in [4.78, 5) is 0. The predicted molar refractivity (Wildman–Crippen MR) is 86.3 cm³/mol. The molecule has 3 aromatic rings. The van der Waals surface area contributed by atoms with Crippen LogP contribution >= 0.6 is 0 Å². The van der Waals surface area contributed by atoms with E-state index in [2.05, 4.69) is 55.1 Å². The van der Waals surface area contributed by atoms with Crippen molar-refractivity contribution in [1.82, 2.24) is 4.57 Å². The van der Waals surface area contributed by atoms with Crippen molar-refractivity contribution in [2.24, 2.45) is 12.8 Å². The van der Waals surface area contributed by atoms with E-state index in [1.54, 1.807) is 0 Å². The van der Waals surface area contributed by atoms with Gasteiger partial charge in [0.2, 0.25) is 0 Å². The lowest BCUT2D eigenvalue weighted by molar-refractivity contribution is 0.307. The molecule has 0 aliphatic rings. The second kappa shape index (κ2) is 5.62. The molecule has 1 heterocycles. The number of rotatable bonds is 4. The number of benzene rings is 2. The van der Waals surface area contributed by atoms with E-state index in [0.29, 0.717) is 13.2 Å². The van der Waals surface area contributed by atoms with Gasteiger partial charge in [-0.1, -0.05) is 18.2 Å². The molecule has 108 valence electrons. The molecule has 0 radical (unpaired) electrons. The first-order valence-corrected chi connectivity index (χ1v) is 7.14. The van der Waals surface area contributed by atoms with Gasteiger partial charge in [-0.15, -0.1) is 0 Å². The molecule has 3 heteroatoms. The Morgan fingerprint density at radius 1 is 1.14 bits per heavy atom. The molecule has 2 aromatic carbocycles. The van der Waals surface area contributed by atoms with Gasteiger partial charge in [0.05, 0.1) is 0 Å². The Balaban J connectivity index is 1.89. The lowest BCUT2D eigenvalue weighted by Gasteiger charge is -2.06. The maximum atomic E-state index is 5.92. The number of aryl methyl sites for hydroxylation is 2. The minimum absolute atomic E-state index is 0.559. The first-order valence-electron chi connectivity index (χ1n) is 7.14. The van der Waals surface area contributed by atoms with Crippen molar-refractivity contribution in [1.29, 1.82) is 0 Å². The molecule has 3 rings (SSSR count). The monoisotopic (exact) mass is 280 g/mol. The summed E-state index contributed by atoms with van der Waals surface area (Å²) >= 11 is 0. The molecule has 0 aliphatic heterocycles. The topological polar surface area (TPSA) is 40.2 Å². The zero-order chi connectivity index (χ0) is 14.8. The third kappa shape index (κ3) is 2.78. The van der Waals surface area contributed by atoms with E-state index < -0.39 is 0 Å². The summed E-state index contributed by atoms with van der Waals surface area (Å²) < 4.78 is 8.05. The summed E-state index contributed by atoms with van der Waals surface area (Å²) in [7, 11) is 2.06. The molecule has 0 fully saturated rings. The molecule has 0 saturated carbocycles. The average Bonchev–Trinajstić information content (AvgIpc) is 2.81. The standard InChI is InChI=1S/C18H20N2O/c1-13-4-3-5-16(8-13)21-12-15-11-20(2)18-7-6-14(10-19)9-17(15)18/h3-9,11H,10,12,19H2,1-2H3. The van der Waals surface area contributed by atoms with E-state index in [0.717, 1.165) is 11.3 Å². The normalized spacial score (nSPS) is 11.0. The van der Waals surface area contributed by atoms with E-state index in [1.165, 1.54) is 22.0 Å². The lowest BCUT2D eigenvalue weighted by Crippen LogP contribution is -1.97. The van der Waals surface area contributed by atoms with Gasteiger partial charge in [-0.3, -0.25) is 0 Å². The van der Waals surface area contributed by atoms with Crippen LogP contribution in [-0.4, -0.2) is 4.57 Å². The highest BCUT2D eigenvalue weighted by atomic mass is 16.5. The van der Waals surface area contributed by atoms with Crippen LogP contribution in [0.2, 0.25) is 0 Å². The Morgan fingerprint density at radius 2 is 2.00 bits per heavy atom. The number of aromatic nitrogens is 1. The molecule has 2 N–H and O–H groups in total. The van der Waals surface area contributed by atoms with Crippen LogP contribution in [0.5, 0.6) is 5.75 Å². The third-order valence-corrected chi connectivity index (χ3v) is 3.76. The number of ether oxygens (including phenoxy) is 1. The SMILES string of the molecule is Cc1cccc(OCc2cn(C)c3ccc(CN)cc23)c1. The first-order chi connectivity index (χ1) is 10.2. The van der Waals surface area contributed by atoms with Gasteiger partial charge < -0.3 is 15.0 Å². The summed E-state index contributed by atoms with van der Waals surface area (Å²) in [6.07, 6.45) is 2.13. The highest BCUT2D eigenvalue weighted by molar-refractivity contribution is 5.84. The van der Waals surface area contributed by atoms with Crippen LogP contribution in [0.25, 0.3) is 10.9 Å². The van der Waals surface area contributed by atoms with Gasteiger partial charge in [0.15, 0.2) is 0 Å². The minimum Gasteiger partial charge on any atom is -0.489 e. The van der Waals surface area contributed by atoms with Gasteiger partial charge in [0.25, 0.3) is 0 Å².